The van der Waals surface area contributed by atoms with Crippen LogP contribution in [0.15, 0.2) is 48.4 Å². The highest BCUT2D eigenvalue weighted by atomic mass is 16.1. The maximum Gasteiger partial charge on any atom is 0.250 e. The molecule has 0 aromatic carbocycles. The van der Waals surface area contributed by atoms with Gasteiger partial charge in [0.1, 0.15) is 0 Å². The molecule has 0 fully saturated rings. The van der Waals surface area contributed by atoms with Crippen molar-refractivity contribution < 1.29 is 4.79 Å². The van der Waals surface area contributed by atoms with E-state index >= 15 is 0 Å². The van der Waals surface area contributed by atoms with Crippen LogP contribution < -0.4 is 16.4 Å². The molecule has 6 heteroatoms. The van der Waals surface area contributed by atoms with Gasteiger partial charge in [-0.05, 0) is 59.5 Å². The van der Waals surface area contributed by atoms with Crippen molar-refractivity contribution in [2.75, 3.05) is 6.54 Å². The van der Waals surface area contributed by atoms with Crippen molar-refractivity contribution in [2.45, 2.75) is 61.8 Å². The zero-order chi connectivity index (χ0) is 24.1. The summed E-state index contributed by atoms with van der Waals surface area (Å²) in [4.78, 5) is 16.6. The average Bonchev–Trinajstić information content (AvgIpc) is 2.97. The molecule has 1 rings (SSSR count). The number of hydrogen-bond acceptors (Lipinski definition) is 4. The highest BCUT2D eigenvalue weighted by Crippen LogP contribution is 2.21. The number of carbonyl (C=O) groups excluding carboxylic acids is 1. The third-order valence-electron chi connectivity index (χ3n) is 4.89. The Kier molecular flexibility index (Phi) is 12.7. The molecule has 4 N–H and O–H groups in total. The number of nitrogens with zero attached hydrogens (tertiary/aromatic N) is 2. The second-order valence-corrected chi connectivity index (χ2v) is 7.61. The number of nitrogens with two attached hydrogens (primary N) is 1. The van der Waals surface area contributed by atoms with Crippen LogP contribution in [0.5, 0.6) is 0 Å². The normalized spacial score (nSPS) is 11.9. The SMILES string of the molecule is C=C(N)NC(=O)/C=C/n1c(/C(=C\C)NCC(=C(C)C)C(C)CC)nc(C)c1C.C=CC. The number of aryl methyl sites for hydroxylation is 1. The van der Waals surface area contributed by atoms with Gasteiger partial charge in [-0.2, -0.15) is 0 Å². The quantitative estimate of drug-likeness (QED) is 0.381. The van der Waals surface area contributed by atoms with Crippen molar-refractivity contribution in [3.05, 3.63) is 65.6 Å². The Morgan fingerprint density at radius 2 is 1.87 bits per heavy atom. The summed E-state index contributed by atoms with van der Waals surface area (Å²) in [6.07, 6.45) is 7.98. The molecule has 0 radical (unpaired) electrons. The van der Waals surface area contributed by atoms with Crippen LogP contribution in [-0.4, -0.2) is 22.0 Å². The molecule has 0 spiro atoms. The van der Waals surface area contributed by atoms with E-state index in [0.717, 1.165) is 35.9 Å². The minimum absolute atomic E-state index is 0.114. The smallest absolute Gasteiger partial charge is 0.250 e. The second kappa shape index (κ2) is 14.1. The fraction of sp³-hybridized carbons (Fsp3) is 0.440. The Hall–Kier alpha value is -3.02. The van der Waals surface area contributed by atoms with E-state index in [1.54, 1.807) is 12.3 Å². The molecule has 1 atom stereocenters. The van der Waals surface area contributed by atoms with Gasteiger partial charge in [0.15, 0.2) is 5.82 Å². The van der Waals surface area contributed by atoms with Crippen molar-refractivity contribution in [1.82, 2.24) is 20.2 Å². The van der Waals surface area contributed by atoms with E-state index in [0.29, 0.717) is 5.92 Å². The first-order chi connectivity index (χ1) is 14.5. The lowest BCUT2D eigenvalue weighted by Gasteiger charge is -2.19. The molecule has 172 valence electrons. The molecule has 0 aliphatic carbocycles. The number of aromatic nitrogens is 2. The van der Waals surface area contributed by atoms with Gasteiger partial charge in [0.25, 0.3) is 5.91 Å². The van der Waals surface area contributed by atoms with E-state index in [1.165, 1.54) is 17.2 Å². The van der Waals surface area contributed by atoms with E-state index in [2.05, 4.69) is 51.5 Å². The average molecular weight is 428 g/mol. The fourth-order valence-electron chi connectivity index (χ4n) is 2.93. The van der Waals surface area contributed by atoms with Crippen LogP contribution in [0.1, 0.15) is 65.2 Å². The molecule has 0 aliphatic rings. The van der Waals surface area contributed by atoms with Crippen LogP contribution >= 0.6 is 0 Å². The third-order valence-corrected chi connectivity index (χ3v) is 4.89. The van der Waals surface area contributed by atoms with E-state index in [9.17, 15) is 4.79 Å². The highest BCUT2D eigenvalue weighted by molar-refractivity contribution is 5.91. The second-order valence-electron chi connectivity index (χ2n) is 7.61. The summed E-state index contributed by atoms with van der Waals surface area (Å²) in [6.45, 7) is 24.2. The summed E-state index contributed by atoms with van der Waals surface area (Å²) in [7, 11) is 0. The lowest BCUT2D eigenvalue weighted by atomic mass is 9.94. The molecule has 1 amide bonds. The third kappa shape index (κ3) is 9.11. The highest BCUT2D eigenvalue weighted by Gasteiger charge is 2.15. The van der Waals surface area contributed by atoms with E-state index < -0.39 is 0 Å². The molecule has 0 bridgehead atoms. The van der Waals surface area contributed by atoms with Crippen molar-refractivity contribution in [3.63, 3.8) is 0 Å². The molecule has 1 aromatic rings. The Balaban J connectivity index is 0.00000282. The van der Waals surface area contributed by atoms with E-state index in [1.807, 2.05) is 38.3 Å². The summed E-state index contributed by atoms with van der Waals surface area (Å²) < 4.78 is 1.90. The molecule has 1 unspecified atom stereocenters. The van der Waals surface area contributed by atoms with Gasteiger partial charge in [0, 0.05) is 24.5 Å². The maximum atomic E-state index is 11.9. The largest absolute Gasteiger partial charge is 0.386 e. The van der Waals surface area contributed by atoms with Crippen LogP contribution in [0.4, 0.5) is 0 Å². The molecule has 1 heterocycles. The Bertz CT molecular complexity index is 852. The molecule has 6 nitrogen and oxygen atoms in total. The Morgan fingerprint density at radius 1 is 1.29 bits per heavy atom. The zero-order valence-electron chi connectivity index (χ0n) is 20.6. The summed E-state index contributed by atoms with van der Waals surface area (Å²) in [6, 6.07) is 0. The lowest BCUT2D eigenvalue weighted by molar-refractivity contribution is -0.115. The Morgan fingerprint density at radius 3 is 2.32 bits per heavy atom. The van der Waals surface area contributed by atoms with Crippen LogP contribution in [0.2, 0.25) is 0 Å². The summed E-state index contributed by atoms with van der Waals surface area (Å²) in [5.41, 5.74) is 11.0. The molecule has 0 saturated carbocycles. The van der Waals surface area contributed by atoms with Crippen molar-refractivity contribution >= 4 is 17.8 Å². The monoisotopic (exact) mass is 427 g/mol. The summed E-state index contributed by atoms with van der Waals surface area (Å²) >= 11 is 0. The van der Waals surface area contributed by atoms with E-state index in [-0.39, 0.29) is 11.7 Å². The summed E-state index contributed by atoms with van der Waals surface area (Å²) in [5, 5.41) is 6.00. The van der Waals surface area contributed by atoms with Crippen LogP contribution in [0.3, 0.4) is 0 Å². The van der Waals surface area contributed by atoms with Gasteiger partial charge in [-0.3, -0.25) is 4.79 Å². The van der Waals surface area contributed by atoms with Gasteiger partial charge >= 0.3 is 0 Å². The number of imidazole rings is 1. The summed E-state index contributed by atoms with van der Waals surface area (Å²) in [5.74, 6) is 1.07. The predicted molar refractivity (Wildman–Crippen MR) is 134 cm³/mol. The molecular formula is C25H41N5O. The molecule has 31 heavy (non-hydrogen) atoms. The van der Waals surface area contributed by atoms with Gasteiger partial charge in [0.05, 0.1) is 17.2 Å². The van der Waals surface area contributed by atoms with E-state index in [4.69, 9.17) is 10.7 Å². The number of amides is 1. The number of hydrogen-bond donors (Lipinski definition) is 3. The predicted octanol–water partition coefficient (Wildman–Crippen LogP) is 5.04. The topological polar surface area (TPSA) is 85.0 Å². The van der Waals surface area contributed by atoms with Gasteiger partial charge < -0.3 is 20.9 Å². The number of allylic oxidation sites excluding steroid dienone is 3. The molecule has 1 aromatic heterocycles. The first kappa shape index (κ1) is 28.0. The number of carbonyl (C=O) groups is 1. The number of nitrogens with one attached hydrogen (secondary N) is 2. The molecular weight excluding hydrogens is 386 g/mol. The standard InChI is InChI=1S/C22H35N5O.C3H6/c1-9-15(5)19(14(3)4)13-24-20(10-2)22-25-16(6)17(7)27(22)12-11-21(28)26-18(8)23;1-3-2/h10-12,15,24H,8-9,13,23H2,1-7H3,(H,26,28);3H,1H2,2H3/b12-11+,20-10+;. The van der Waals surface area contributed by atoms with Crippen molar-refractivity contribution in [2.24, 2.45) is 11.7 Å². The molecule has 0 saturated heterocycles. The van der Waals surface area contributed by atoms with Crippen molar-refractivity contribution in [1.29, 1.82) is 0 Å². The van der Waals surface area contributed by atoms with Crippen LogP contribution in [0.25, 0.3) is 11.9 Å². The Labute approximate surface area is 188 Å². The van der Waals surface area contributed by atoms with Crippen LogP contribution in [0, 0.1) is 19.8 Å². The minimum atomic E-state index is -0.331. The lowest BCUT2D eigenvalue weighted by Crippen LogP contribution is -2.24. The maximum absolute atomic E-state index is 11.9. The van der Waals surface area contributed by atoms with Gasteiger partial charge in [-0.15, -0.1) is 6.58 Å². The zero-order valence-corrected chi connectivity index (χ0v) is 20.6. The fourth-order valence-corrected chi connectivity index (χ4v) is 2.93. The minimum Gasteiger partial charge on any atom is -0.386 e. The number of rotatable bonds is 9. The van der Waals surface area contributed by atoms with Gasteiger partial charge in [-0.25, -0.2) is 4.98 Å². The molecule has 0 aliphatic heterocycles. The van der Waals surface area contributed by atoms with Crippen molar-refractivity contribution in [3.8, 4) is 0 Å². The van der Waals surface area contributed by atoms with Gasteiger partial charge in [-0.1, -0.05) is 38.2 Å². The first-order valence-corrected chi connectivity index (χ1v) is 10.7. The first-order valence-electron chi connectivity index (χ1n) is 10.7. The van der Waals surface area contributed by atoms with Crippen LogP contribution in [-0.2, 0) is 4.79 Å². The van der Waals surface area contributed by atoms with Gasteiger partial charge in [0.2, 0.25) is 0 Å².